The number of hydrogen-bond acceptors (Lipinski definition) is 4. The van der Waals surface area contributed by atoms with Gasteiger partial charge in [0.1, 0.15) is 0 Å². The Morgan fingerprint density at radius 1 is 0.838 bits per heavy atom. The molecule has 0 bridgehead atoms. The van der Waals surface area contributed by atoms with E-state index < -0.39 is 10.0 Å². The van der Waals surface area contributed by atoms with Crippen LogP contribution in [0.2, 0.25) is 5.02 Å². The normalized spacial score (nSPS) is 11.1. The number of rotatable bonds is 8. The number of amides is 1. The molecule has 0 spiro atoms. The molecule has 4 rings (SSSR count). The van der Waals surface area contributed by atoms with Crippen LogP contribution in [0.15, 0.2) is 102 Å². The average Bonchev–Trinajstić information content (AvgIpc) is 2.90. The van der Waals surface area contributed by atoms with Gasteiger partial charge in [0.15, 0.2) is 5.78 Å². The molecule has 6 nitrogen and oxygen atoms in total. The highest BCUT2D eigenvalue weighted by Gasteiger charge is 2.26. The van der Waals surface area contributed by atoms with Gasteiger partial charge in [-0.3, -0.25) is 13.9 Å². The Hall–Kier alpha value is -3.94. The number of halogens is 1. The van der Waals surface area contributed by atoms with E-state index >= 15 is 0 Å². The van der Waals surface area contributed by atoms with Gasteiger partial charge in [0.05, 0.1) is 17.1 Å². The summed E-state index contributed by atoms with van der Waals surface area (Å²) in [5.41, 5.74) is 3.47. The van der Waals surface area contributed by atoms with E-state index in [-0.39, 0.29) is 23.1 Å². The van der Waals surface area contributed by atoms with Crippen molar-refractivity contribution in [1.82, 2.24) is 0 Å². The number of carbonyl (C=O) groups is 2. The van der Waals surface area contributed by atoms with Crippen molar-refractivity contribution in [1.29, 1.82) is 0 Å². The minimum Gasteiger partial charge on any atom is -0.322 e. The summed E-state index contributed by atoms with van der Waals surface area (Å²) in [6, 6.07) is 26.7. The summed E-state index contributed by atoms with van der Waals surface area (Å²) in [7, 11) is -3.90. The standard InChI is InChI=1S/C29H25ClN2O4S/c1-20-8-15-25(30)18-28(20)32(37(35,36)27-6-4-3-5-7-27)19-22-9-11-24(12-10-22)29(34)31-26-16-13-23(14-17-26)21(2)33/h3-18H,19H2,1-2H3,(H,31,34). The quantitative estimate of drug-likeness (QED) is 0.263. The van der Waals surface area contributed by atoms with E-state index in [1.54, 1.807) is 97.1 Å². The first-order valence-corrected chi connectivity index (χ1v) is 13.3. The Labute approximate surface area is 221 Å². The lowest BCUT2D eigenvalue weighted by Crippen LogP contribution is -2.31. The molecule has 0 saturated heterocycles. The number of sulfonamides is 1. The molecule has 1 N–H and O–H groups in total. The van der Waals surface area contributed by atoms with Gasteiger partial charge in [-0.15, -0.1) is 0 Å². The van der Waals surface area contributed by atoms with Gasteiger partial charge in [0.25, 0.3) is 15.9 Å². The predicted molar refractivity (Wildman–Crippen MR) is 147 cm³/mol. The molecule has 0 aromatic heterocycles. The van der Waals surface area contributed by atoms with Crippen LogP contribution in [0.1, 0.15) is 38.8 Å². The molecule has 0 aliphatic rings. The maximum absolute atomic E-state index is 13.6. The number of hydrogen-bond donors (Lipinski definition) is 1. The van der Waals surface area contributed by atoms with Gasteiger partial charge in [-0.05, 0) is 85.6 Å². The van der Waals surface area contributed by atoms with Crippen molar-refractivity contribution in [2.75, 3.05) is 9.62 Å². The smallest absolute Gasteiger partial charge is 0.264 e. The van der Waals surface area contributed by atoms with Crippen LogP contribution in [-0.4, -0.2) is 20.1 Å². The Morgan fingerprint density at radius 2 is 1.46 bits per heavy atom. The van der Waals surface area contributed by atoms with Crippen molar-refractivity contribution < 1.29 is 18.0 Å². The van der Waals surface area contributed by atoms with Gasteiger partial charge in [0.2, 0.25) is 0 Å². The number of nitrogens with one attached hydrogen (secondary N) is 1. The van der Waals surface area contributed by atoms with Gasteiger partial charge in [-0.2, -0.15) is 0 Å². The SMILES string of the molecule is CC(=O)c1ccc(NC(=O)c2ccc(CN(c3cc(Cl)ccc3C)S(=O)(=O)c3ccccc3)cc2)cc1. The number of carbonyl (C=O) groups excluding carboxylic acids is 2. The van der Waals surface area contributed by atoms with Crippen LogP contribution in [0.4, 0.5) is 11.4 Å². The summed E-state index contributed by atoms with van der Waals surface area (Å²) < 4.78 is 28.6. The molecule has 8 heteroatoms. The largest absolute Gasteiger partial charge is 0.322 e. The monoisotopic (exact) mass is 532 g/mol. The van der Waals surface area contributed by atoms with Gasteiger partial charge < -0.3 is 5.32 Å². The third kappa shape index (κ3) is 6.07. The van der Waals surface area contributed by atoms with Crippen molar-refractivity contribution in [2.45, 2.75) is 25.3 Å². The lowest BCUT2D eigenvalue weighted by Gasteiger charge is -2.26. The molecular formula is C29H25ClN2O4S. The van der Waals surface area contributed by atoms with E-state index in [4.69, 9.17) is 11.6 Å². The van der Waals surface area contributed by atoms with E-state index in [1.807, 2.05) is 6.92 Å². The van der Waals surface area contributed by atoms with Gasteiger partial charge in [0, 0.05) is 21.8 Å². The third-order valence-electron chi connectivity index (χ3n) is 5.86. The van der Waals surface area contributed by atoms with Crippen molar-refractivity contribution >= 4 is 44.7 Å². The molecule has 0 atom stereocenters. The summed E-state index contributed by atoms with van der Waals surface area (Å²) >= 11 is 6.22. The molecule has 188 valence electrons. The Bertz CT molecular complexity index is 1540. The number of nitrogens with zero attached hydrogens (tertiary/aromatic N) is 1. The molecule has 0 saturated carbocycles. The van der Waals surface area contributed by atoms with E-state index in [2.05, 4.69) is 5.32 Å². The Balaban J connectivity index is 1.59. The first-order chi connectivity index (χ1) is 17.6. The van der Waals surface area contributed by atoms with Crippen molar-refractivity contribution in [3.63, 3.8) is 0 Å². The molecule has 0 aliphatic heterocycles. The highest BCUT2D eigenvalue weighted by atomic mass is 35.5. The topological polar surface area (TPSA) is 83.6 Å². The molecule has 0 aliphatic carbocycles. The number of benzene rings is 4. The van der Waals surface area contributed by atoms with E-state index in [0.29, 0.717) is 33.1 Å². The predicted octanol–water partition coefficient (Wildman–Crippen LogP) is 6.50. The minimum atomic E-state index is -3.90. The molecular weight excluding hydrogens is 508 g/mol. The van der Waals surface area contributed by atoms with Crippen LogP contribution in [0.3, 0.4) is 0 Å². The maximum atomic E-state index is 13.6. The van der Waals surface area contributed by atoms with E-state index in [1.165, 1.54) is 11.2 Å². The van der Waals surface area contributed by atoms with E-state index in [9.17, 15) is 18.0 Å². The zero-order valence-corrected chi connectivity index (χ0v) is 21.9. The lowest BCUT2D eigenvalue weighted by molar-refractivity contribution is 0.101. The van der Waals surface area contributed by atoms with Crippen molar-refractivity contribution in [3.05, 3.63) is 124 Å². The number of aryl methyl sites for hydroxylation is 1. The van der Waals surface area contributed by atoms with Gasteiger partial charge in [-0.25, -0.2) is 8.42 Å². The molecule has 4 aromatic carbocycles. The summed E-state index contributed by atoms with van der Waals surface area (Å²) in [6.07, 6.45) is 0. The van der Waals surface area contributed by atoms with E-state index in [0.717, 1.165) is 5.56 Å². The Morgan fingerprint density at radius 3 is 2.08 bits per heavy atom. The molecule has 0 heterocycles. The van der Waals surface area contributed by atoms with Gasteiger partial charge >= 0.3 is 0 Å². The highest BCUT2D eigenvalue weighted by molar-refractivity contribution is 7.92. The lowest BCUT2D eigenvalue weighted by atomic mass is 10.1. The zero-order chi connectivity index (χ0) is 26.6. The van der Waals surface area contributed by atoms with Crippen LogP contribution < -0.4 is 9.62 Å². The van der Waals surface area contributed by atoms with Crippen molar-refractivity contribution in [3.8, 4) is 0 Å². The third-order valence-corrected chi connectivity index (χ3v) is 7.87. The number of anilines is 2. The van der Waals surface area contributed by atoms with Crippen LogP contribution in [0, 0.1) is 6.92 Å². The molecule has 0 unspecified atom stereocenters. The molecule has 0 fully saturated rings. The summed E-state index contributed by atoms with van der Waals surface area (Å²) in [4.78, 5) is 24.3. The fraction of sp³-hybridized carbons (Fsp3) is 0.103. The molecule has 4 aromatic rings. The molecule has 0 radical (unpaired) electrons. The molecule has 37 heavy (non-hydrogen) atoms. The fourth-order valence-corrected chi connectivity index (χ4v) is 5.49. The minimum absolute atomic E-state index is 0.0484. The highest BCUT2D eigenvalue weighted by Crippen LogP contribution is 2.31. The van der Waals surface area contributed by atoms with Crippen LogP contribution >= 0.6 is 11.6 Å². The molecule has 1 amide bonds. The first-order valence-electron chi connectivity index (χ1n) is 11.5. The van der Waals surface area contributed by atoms with Crippen molar-refractivity contribution in [2.24, 2.45) is 0 Å². The average molecular weight is 533 g/mol. The van der Waals surface area contributed by atoms with Crippen LogP contribution in [-0.2, 0) is 16.6 Å². The second-order valence-corrected chi connectivity index (χ2v) is 10.8. The second-order valence-electron chi connectivity index (χ2n) is 8.54. The van der Waals surface area contributed by atoms with Crippen LogP contribution in [0.5, 0.6) is 0 Å². The van der Waals surface area contributed by atoms with Gasteiger partial charge in [-0.1, -0.05) is 48.0 Å². The summed E-state index contributed by atoms with van der Waals surface area (Å²) in [6.45, 7) is 3.36. The summed E-state index contributed by atoms with van der Waals surface area (Å²) in [5, 5.41) is 3.23. The zero-order valence-electron chi connectivity index (χ0n) is 20.3. The number of ketones is 1. The fourth-order valence-electron chi connectivity index (χ4n) is 3.79. The first kappa shape index (κ1) is 26.1. The summed E-state index contributed by atoms with van der Waals surface area (Å²) in [5.74, 6) is -0.369. The second kappa shape index (κ2) is 11.0. The Kier molecular flexibility index (Phi) is 7.76. The van der Waals surface area contributed by atoms with Crippen LogP contribution in [0.25, 0.3) is 0 Å². The number of Topliss-reactive ketones (excluding diaryl/α,β-unsaturated/α-hetero) is 1. The maximum Gasteiger partial charge on any atom is 0.264 e.